The van der Waals surface area contributed by atoms with E-state index in [9.17, 15) is 9.59 Å². The molecule has 3 rings (SSSR count). The molecule has 2 saturated heterocycles. The highest BCUT2D eigenvalue weighted by Crippen LogP contribution is 2.19. The van der Waals surface area contributed by atoms with Gasteiger partial charge in [0, 0.05) is 23.8 Å². The normalized spacial score (nSPS) is 17.9. The molecular formula is C21H35Cl2N5O2. The van der Waals surface area contributed by atoms with Crippen LogP contribution in [0.15, 0.2) is 24.3 Å². The van der Waals surface area contributed by atoms with Crippen LogP contribution in [0.5, 0.6) is 0 Å². The van der Waals surface area contributed by atoms with Crippen LogP contribution < -0.4 is 21.3 Å². The Labute approximate surface area is 191 Å². The fraction of sp³-hybridized carbons (Fsp3) is 0.619. The summed E-state index contributed by atoms with van der Waals surface area (Å²) in [6.45, 7) is 4.15. The van der Waals surface area contributed by atoms with Gasteiger partial charge in [-0.25, -0.2) is 4.79 Å². The van der Waals surface area contributed by atoms with Crippen molar-refractivity contribution >= 4 is 48.1 Å². The van der Waals surface area contributed by atoms with Gasteiger partial charge in [0.05, 0.1) is 0 Å². The lowest BCUT2D eigenvalue weighted by Gasteiger charge is -2.29. The summed E-state index contributed by atoms with van der Waals surface area (Å²) >= 11 is 0. The molecule has 0 aliphatic carbocycles. The molecule has 9 heteroatoms. The van der Waals surface area contributed by atoms with Gasteiger partial charge >= 0.3 is 6.03 Å². The molecule has 30 heavy (non-hydrogen) atoms. The van der Waals surface area contributed by atoms with E-state index in [1.807, 2.05) is 24.3 Å². The minimum absolute atomic E-state index is 0. The summed E-state index contributed by atoms with van der Waals surface area (Å²) in [5, 5.41) is 12.2. The highest BCUT2D eigenvalue weighted by Gasteiger charge is 2.18. The molecule has 0 atom stereocenters. The highest BCUT2D eigenvalue weighted by atomic mass is 35.5. The number of anilines is 2. The van der Waals surface area contributed by atoms with Crippen LogP contribution in [0.1, 0.15) is 38.5 Å². The van der Waals surface area contributed by atoms with Gasteiger partial charge in [-0.1, -0.05) is 0 Å². The van der Waals surface area contributed by atoms with E-state index in [1.54, 1.807) is 0 Å². The number of halogens is 2. The lowest BCUT2D eigenvalue weighted by molar-refractivity contribution is -0.116. The fourth-order valence-electron chi connectivity index (χ4n) is 3.87. The molecule has 1 aromatic rings. The number of carbonyl (C=O) groups excluding carboxylic acids is 2. The number of hydrogen-bond donors (Lipinski definition) is 4. The minimum Gasteiger partial charge on any atom is -0.335 e. The predicted octanol–water partition coefficient (Wildman–Crippen LogP) is 3.46. The van der Waals surface area contributed by atoms with E-state index in [2.05, 4.69) is 33.2 Å². The highest BCUT2D eigenvalue weighted by molar-refractivity contribution is 5.92. The topological polar surface area (TPSA) is 85.5 Å². The maximum Gasteiger partial charge on any atom is 0.319 e. The summed E-state index contributed by atoms with van der Waals surface area (Å²) in [4.78, 5) is 26.6. The van der Waals surface area contributed by atoms with Crippen LogP contribution in [0.2, 0.25) is 0 Å². The molecule has 1 aromatic carbocycles. The molecule has 0 radical (unpaired) electrons. The van der Waals surface area contributed by atoms with Crippen molar-refractivity contribution in [2.45, 2.75) is 44.6 Å². The standard InChI is InChI=1S/C21H33N5O2.2ClH/c1-26-14-10-19(11-15-26)25-21(28)24-18-5-3-17(4-6-18)23-20(27)7-2-16-8-12-22-13-9-16;;/h3-6,16,19,22H,2,7-15H2,1H3,(H,23,27)(H2,24,25,28);2*1H. The number of likely N-dealkylation sites (tertiary alicyclic amines) is 1. The summed E-state index contributed by atoms with van der Waals surface area (Å²) in [6, 6.07) is 7.34. The molecule has 4 N–H and O–H groups in total. The van der Waals surface area contributed by atoms with E-state index >= 15 is 0 Å². The van der Waals surface area contributed by atoms with Crippen LogP contribution in [0, 0.1) is 5.92 Å². The molecule has 0 spiro atoms. The molecule has 7 nitrogen and oxygen atoms in total. The summed E-state index contributed by atoms with van der Waals surface area (Å²) in [5.41, 5.74) is 1.48. The lowest BCUT2D eigenvalue weighted by Crippen LogP contribution is -2.44. The maximum atomic E-state index is 12.2. The Morgan fingerprint density at radius 3 is 2.13 bits per heavy atom. The molecule has 0 aromatic heterocycles. The Hall–Kier alpha value is -1.54. The second-order valence-electron chi connectivity index (χ2n) is 8.03. The summed E-state index contributed by atoms with van der Waals surface area (Å²) in [6.07, 6.45) is 5.78. The second kappa shape index (κ2) is 13.7. The van der Waals surface area contributed by atoms with Gasteiger partial charge in [0.1, 0.15) is 0 Å². The molecule has 2 fully saturated rings. The molecular weight excluding hydrogens is 425 g/mol. The number of hydrogen-bond acceptors (Lipinski definition) is 4. The van der Waals surface area contributed by atoms with Crippen molar-refractivity contribution in [2.75, 3.05) is 43.9 Å². The van der Waals surface area contributed by atoms with Crippen molar-refractivity contribution in [3.8, 4) is 0 Å². The predicted molar refractivity (Wildman–Crippen MR) is 127 cm³/mol. The van der Waals surface area contributed by atoms with Gasteiger partial charge in [-0.15, -0.1) is 24.8 Å². The largest absolute Gasteiger partial charge is 0.335 e. The summed E-state index contributed by atoms with van der Waals surface area (Å²) < 4.78 is 0. The minimum atomic E-state index is -0.173. The van der Waals surface area contributed by atoms with Gasteiger partial charge in [-0.3, -0.25) is 4.79 Å². The molecule has 2 aliphatic rings. The van der Waals surface area contributed by atoms with Crippen LogP contribution in [0.3, 0.4) is 0 Å². The number of amides is 3. The van der Waals surface area contributed by atoms with E-state index in [0.717, 1.165) is 69.7 Å². The van der Waals surface area contributed by atoms with Gasteiger partial charge in [0.15, 0.2) is 0 Å². The van der Waals surface area contributed by atoms with Gasteiger partial charge < -0.3 is 26.2 Å². The molecule has 3 amide bonds. The lowest BCUT2D eigenvalue weighted by atomic mass is 9.93. The van der Waals surface area contributed by atoms with Gasteiger partial charge in [-0.05, 0) is 95.5 Å². The van der Waals surface area contributed by atoms with Crippen LogP contribution >= 0.6 is 24.8 Å². The first-order chi connectivity index (χ1) is 13.6. The molecule has 0 bridgehead atoms. The zero-order chi connectivity index (χ0) is 19.8. The van der Waals surface area contributed by atoms with Crippen LogP contribution in [0.25, 0.3) is 0 Å². The number of nitrogens with one attached hydrogen (secondary N) is 4. The van der Waals surface area contributed by atoms with Crippen molar-refractivity contribution in [1.29, 1.82) is 0 Å². The molecule has 2 aliphatic heterocycles. The molecule has 2 heterocycles. The Morgan fingerprint density at radius 1 is 0.967 bits per heavy atom. The third kappa shape index (κ3) is 9.08. The van der Waals surface area contributed by atoms with Crippen molar-refractivity contribution in [1.82, 2.24) is 15.5 Å². The molecule has 170 valence electrons. The van der Waals surface area contributed by atoms with Crippen LogP contribution in [-0.2, 0) is 4.79 Å². The van der Waals surface area contributed by atoms with E-state index in [4.69, 9.17) is 0 Å². The number of urea groups is 1. The van der Waals surface area contributed by atoms with E-state index in [1.165, 1.54) is 0 Å². The number of carbonyl (C=O) groups is 2. The van der Waals surface area contributed by atoms with Crippen LogP contribution in [-0.4, -0.2) is 56.1 Å². The van der Waals surface area contributed by atoms with Crippen LogP contribution in [0.4, 0.5) is 16.2 Å². The van der Waals surface area contributed by atoms with E-state index in [0.29, 0.717) is 12.3 Å². The monoisotopic (exact) mass is 459 g/mol. The number of piperidine rings is 2. The number of rotatable bonds is 6. The molecule has 0 saturated carbocycles. The third-order valence-electron chi connectivity index (χ3n) is 5.72. The number of benzene rings is 1. The Bertz CT molecular complexity index is 645. The Kier molecular flexibility index (Phi) is 12.1. The molecule has 0 unspecified atom stereocenters. The van der Waals surface area contributed by atoms with Gasteiger partial charge in [0.25, 0.3) is 0 Å². The van der Waals surface area contributed by atoms with Crippen molar-refractivity contribution in [2.24, 2.45) is 5.92 Å². The average molecular weight is 460 g/mol. The first-order valence-corrected chi connectivity index (χ1v) is 10.4. The zero-order valence-corrected chi connectivity index (χ0v) is 19.2. The maximum absolute atomic E-state index is 12.2. The van der Waals surface area contributed by atoms with Crippen molar-refractivity contribution in [3.05, 3.63) is 24.3 Å². The third-order valence-corrected chi connectivity index (χ3v) is 5.72. The first-order valence-electron chi connectivity index (χ1n) is 10.4. The average Bonchev–Trinajstić information content (AvgIpc) is 2.70. The van der Waals surface area contributed by atoms with Gasteiger partial charge in [0.2, 0.25) is 5.91 Å². The first kappa shape index (κ1) is 26.5. The fourth-order valence-corrected chi connectivity index (χ4v) is 3.87. The number of nitrogens with zero attached hydrogens (tertiary/aromatic N) is 1. The smallest absolute Gasteiger partial charge is 0.319 e. The second-order valence-corrected chi connectivity index (χ2v) is 8.03. The van der Waals surface area contributed by atoms with Gasteiger partial charge in [-0.2, -0.15) is 0 Å². The van der Waals surface area contributed by atoms with E-state index in [-0.39, 0.29) is 42.8 Å². The Morgan fingerprint density at radius 2 is 1.53 bits per heavy atom. The quantitative estimate of drug-likeness (QED) is 0.524. The Balaban J connectivity index is 0.00000225. The van der Waals surface area contributed by atoms with E-state index < -0.39 is 0 Å². The van der Waals surface area contributed by atoms with Crippen molar-refractivity contribution < 1.29 is 9.59 Å². The SMILES string of the molecule is CN1CCC(NC(=O)Nc2ccc(NC(=O)CCC3CCNCC3)cc2)CC1.Cl.Cl. The summed E-state index contributed by atoms with van der Waals surface area (Å²) in [7, 11) is 2.10. The zero-order valence-electron chi connectivity index (χ0n) is 17.6. The summed E-state index contributed by atoms with van der Waals surface area (Å²) in [5.74, 6) is 0.709. The van der Waals surface area contributed by atoms with Crippen molar-refractivity contribution in [3.63, 3.8) is 0 Å².